The summed E-state index contributed by atoms with van der Waals surface area (Å²) in [7, 11) is 0. The molecule has 0 radical (unpaired) electrons. The van der Waals surface area contributed by atoms with Crippen molar-refractivity contribution in [1.29, 1.82) is 0 Å². The van der Waals surface area contributed by atoms with Gasteiger partial charge < -0.3 is 9.84 Å². The number of carbonyl (C=O) groups excluding carboxylic acids is 1. The van der Waals surface area contributed by atoms with Crippen molar-refractivity contribution >= 4 is 5.91 Å². The Bertz CT molecular complexity index is 613. The minimum Gasteiger partial charge on any atom is -0.361 e. The summed E-state index contributed by atoms with van der Waals surface area (Å²) in [6, 6.07) is 3.61. The molecular formula is C15H16F2N2O2. The maximum absolute atomic E-state index is 13.4. The number of hydrogen-bond acceptors (Lipinski definition) is 3. The van der Waals surface area contributed by atoms with Gasteiger partial charge in [0.15, 0.2) is 0 Å². The second-order valence-corrected chi connectivity index (χ2v) is 4.78. The number of halogens is 2. The lowest BCUT2D eigenvalue weighted by Crippen LogP contribution is -2.24. The molecule has 1 aromatic carbocycles. The normalized spacial score (nSPS) is 10.7. The van der Waals surface area contributed by atoms with E-state index in [9.17, 15) is 13.6 Å². The molecule has 2 rings (SSSR count). The molecule has 1 N–H and O–H groups in total. The summed E-state index contributed by atoms with van der Waals surface area (Å²) in [6.45, 7) is 3.42. The maximum Gasteiger partial charge on any atom is 0.220 e. The van der Waals surface area contributed by atoms with Gasteiger partial charge in [0.25, 0.3) is 0 Å². The Labute approximate surface area is 121 Å². The standard InChI is InChI=1S/C15H16F2N2O2/c1-9-11(10(2)21-19-9)6-7-15(20)18-8-12-13(16)4-3-5-14(12)17/h3-5H,6-8H2,1-2H3,(H,18,20). The number of hydrogen-bond donors (Lipinski definition) is 1. The monoisotopic (exact) mass is 294 g/mol. The number of amides is 1. The van der Waals surface area contributed by atoms with Crippen molar-refractivity contribution in [3.05, 3.63) is 52.4 Å². The van der Waals surface area contributed by atoms with E-state index in [4.69, 9.17) is 4.52 Å². The lowest BCUT2D eigenvalue weighted by Gasteiger charge is -2.07. The number of nitrogens with zero attached hydrogens (tertiary/aromatic N) is 1. The minimum absolute atomic E-state index is 0.136. The van der Waals surface area contributed by atoms with Crippen LogP contribution in [0.2, 0.25) is 0 Å². The first-order chi connectivity index (χ1) is 9.99. The second kappa shape index (κ2) is 6.47. The number of rotatable bonds is 5. The smallest absolute Gasteiger partial charge is 0.220 e. The molecule has 0 aliphatic carbocycles. The zero-order chi connectivity index (χ0) is 15.4. The van der Waals surface area contributed by atoms with Gasteiger partial charge in [-0.15, -0.1) is 0 Å². The summed E-state index contributed by atoms with van der Waals surface area (Å²) in [5.74, 6) is -0.930. The van der Waals surface area contributed by atoms with Crippen LogP contribution in [-0.4, -0.2) is 11.1 Å². The minimum atomic E-state index is -0.666. The number of aromatic nitrogens is 1. The van der Waals surface area contributed by atoms with E-state index in [-0.39, 0.29) is 24.4 Å². The van der Waals surface area contributed by atoms with Crippen molar-refractivity contribution in [3.8, 4) is 0 Å². The molecule has 2 aromatic rings. The molecule has 0 atom stereocenters. The molecule has 0 saturated heterocycles. The average Bonchev–Trinajstić information content (AvgIpc) is 2.75. The summed E-state index contributed by atoms with van der Waals surface area (Å²) >= 11 is 0. The summed E-state index contributed by atoms with van der Waals surface area (Å²) in [6.07, 6.45) is 0.686. The van der Waals surface area contributed by atoms with E-state index < -0.39 is 11.6 Å². The van der Waals surface area contributed by atoms with E-state index in [1.165, 1.54) is 6.07 Å². The van der Waals surface area contributed by atoms with Crippen LogP contribution in [0.4, 0.5) is 8.78 Å². The molecule has 0 fully saturated rings. The number of aryl methyl sites for hydroxylation is 2. The van der Waals surface area contributed by atoms with E-state index in [1.807, 2.05) is 0 Å². The van der Waals surface area contributed by atoms with Gasteiger partial charge in [0.05, 0.1) is 5.69 Å². The topological polar surface area (TPSA) is 55.1 Å². The fraction of sp³-hybridized carbons (Fsp3) is 0.333. The van der Waals surface area contributed by atoms with Crippen LogP contribution in [0.15, 0.2) is 22.7 Å². The highest BCUT2D eigenvalue weighted by molar-refractivity contribution is 5.76. The van der Waals surface area contributed by atoms with Crippen LogP contribution in [0.3, 0.4) is 0 Å². The largest absolute Gasteiger partial charge is 0.361 e. The van der Waals surface area contributed by atoms with Gasteiger partial charge >= 0.3 is 0 Å². The molecular weight excluding hydrogens is 278 g/mol. The van der Waals surface area contributed by atoms with Gasteiger partial charge in [-0.3, -0.25) is 4.79 Å². The van der Waals surface area contributed by atoms with Crippen LogP contribution in [0.5, 0.6) is 0 Å². The lowest BCUT2D eigenvalue weighted by molar-refractivity contribution is -0.121. The quantitative estimate of drug-likeness (QED) is 0.922. The number of carbonyl (C=O) groups is 1. The van der Waals surface area contributed by atoms with Gasteiger partial charge in [0.1, 0.15) is 17.4 Å². The molecule has 0 spiro atoms. The second-order valence-electron chi connectivity index (χ2n) is 4.78. The molecule has 1 heterocycles. The zero-order valence-electron chi connectivity index (χ0n) is 11.9. The highest BCUT2D eigenvalue weighted by Gasteiger charge is 2.13. The molecule has 0 unspecified atom stereocenters. The Morgan fingerprint density at radius 1 is 1.24 bits per heavy atom. The van der Waals surface area contributed by atoms with E-state index in [2.05, 4.69) is 10.5 Å². The van der Waals surface area contributed by atoms with Gasteiger partial charge in [-0.05, 0) is 32.4 Å². The Balaban J connectivity index is 1.88. The Morgan fingerprint density at radius 2 is 1.90 bits per heavy atom. The van der Waals surface area contributed by atoms with Crippen molar-refractivity contribution in [1.82, 2.24) is 10.5 Å². The molecule has 1 aromatic heterocycles. The van der Waals surface area contributed by atoms with Gasteiger partial charge in [0, 0.05) is 24.1 Å². The fourth-order valence-electron chi connectivity index (χ4n) is 2.07. The number of nitrogens with one attached hydrogen (secondary N) is 1. The first-order valence-corrected chi connectivity index (χ1v) is 6.60. The van der Waals surface area contributed by atoms with Crippen molar-refractivity contribution in [2.45, 2.75) is 33.2 Å². The first kappa shape index (κ1) is 15.2. The van der Waals surface area contributed by atoms with E-state index in [0.29, 0.717) is 12.2 Å². The van der Waals surface area contributed by atoms with Crippen molar-refractivity contribution in [2.75, 3.05) is 0 Å². The Morgan fingerprint density at radius 3 is 2.48 bits per heavy atom. The van der Waals surface area contributed by atoms with Gasteiger partial charge in [-0.2, -0.15) is 0 Å². The third kappa shape index (κ3) is 3.65. The molecule has 1 amide bonds. The molecule has 4 nitrogen and oxygen atoms in total. The van der Waals surface area contributed by atoms with Crippen molar-refractivity contribution in [2.24, 2.45) is 0 Å². The first-order valence-electron chi connectivity index (χ1n) is 6.60. The average molecular weight is 294 g/mol. The van der Waals surface area contributed by atoms with E-state index >= 15 is 0 Å². The highest BCUT2D eigenvalue weighted by Crippen LogP contribution is 2.15. The van der Waals surface area contributed by atoms with Gasteiger partial charge in [-0.1, -0.05) is 11.2 Å². The zero-order valence-corrected chi connectivity index (χ0v) is 11.9. The SMILES string of the molecule is Cc1noc(C)c1CCC(=O)NCc1c(F)cccc1F. The van der Waals surface area contributed by atoms with Crippen molar-refractivity contribution in [3.63, 3.8) is 0 Å². The van der Waals surface area contributed by atoms with Crippen molar-refractivity contribution < 1.29 is 18.1 Å². The van der Waals surface area contributed by atoms with Crippen LogP contribution < -0.4 is 5.32 Å². The van der Waals surface area contributed by atoms with Gasteiger partial charge in [0.2, 0.25) is 5.91 Å². The van der Waals surface area contributed by atoms with Crippen LogP contribution in [0.1, 0.15) is 29.0 Å². The van der Waals surface area contributed by atoms with E-state index in [0.717, 1.165) is 23.4 Å². The summed E-state index contributed by atoms with van der Waals surface area (Å²) in [5.41, 5.74) is 1.51. The molecule has 112 valence electrons. The van der Waals surface area contributed by atoms with Crippen LogP contribution in [-0.2, 0) is 17.8 Å². The summed E-state index contributed by atoms with van der Waals surface area (Å²) in [4.78, 5) is 11.7. The van der Waals surface area contributed by atoms with Crippen LogP contribution in [0, 0.1) is 25.5 Å². The summed E-state index contributed by atoms with van der Waals surface area (Å²) < 4.78 is 31.8. The third-order valence-corrected chi connectivity index (χ3v) is 3.31. The van der Waals surface area contributed by atoms with E-state index in [1.54, 1.807) is 13.8 Å². The Kier molecular flexibility index (Phi) is 4.67. The predicted octanol–water partition coefficient (Wildman–Crippen LogP) is 2.82. The van der Waals surface area contributed by atoms with Crippen LogP contribution >= 0.6 is 0 Å². The summed E-state index contributed by atoms with van der Waals surface area (Å²) in [5, 5.41) is 6.32. The van der Waals surface area contributed by atoms with Crippen LogP contribution in [0.25, 0.3) is 0 Å². The lowest BCUT2D eigenvalue weighted by atomic mass is 10.1. The molecule has 0 saturated carbocycles. The third-order valence-electron chi connectivity index (χ3n) is 3.31. The number of benzene rings is 1. The maximum atomic E-state index is 13.4. The molecule has 0 bridgehead atoms. The fourth-order valence-corrected chi connectivity index (χ4v) is 2.07. The molecule has 21 heavy (non-hydrogen) atoms. The molecule has 0 aliphatic rings. The Hall–Kier alpha value is -2.24. The predicted molar refractivity (Wildman–Crippen MR) is 72.5 cm³/mol. The molecule has 0 aliphatic heterocycles. The van der Waals surface area contributed by atoms with Gasteiger partial charge in [-0.25, -0.2) is 8.78 Å². The highest BCUT2D eigenvalue weighted by atomic mass is 19.1. The molecule has 6 heteroatoms.